The zero-order valence-corrected chi connectivity index (χ0v) is 10.3. The van der Waals surface area contributed by atoms with Gasteiger partial charge >= 0.3 is 0 Å². The number of benzene rings is 1. The Balaban J connectivity index is 2.06. The predicted octanol–water partition coefficient (Wildman–Crippen LogP) is 4.10. The summed E-state index contributed by atoms with van der Waals surface area (Å²) in [4.78, 5) is 0. The van der Waals surface area contributed by atoms with E-state index in [4.69, 9.17) is 0 Å². The number of rotatable bonds is 3. The number of alkyl halides is 1. The van der Waals surface area contributed by atoms with Gasteiger partial charge in [-0.1, -0.05) is 52.2 Å². The third kappa shape index (κ3) is 2.03. The summed E-state index contributed by atoms with van der Waals surface area (Å²) in [7, 11) is 0. The van der Waals surface area contributed by atoms with Crippen LogP contribution in [0.25, 0.3) is 0 Å². The molecule has 1 heteroatoms. The Bertz CT molecular complexity index is 290. The maximum absolute atomic E-state index is 3.66. The van der Waals surface area contributed by atoms with Crippen LogP contribution < -0.4 is 0 Å². The van der Waals surface area contributed by atoms with Crippen LogP contribution in [-0.2, 0) is 6.42 Å². The second kappa shape index (κ2) is 4.06. The second-order valence-corrected chi connectivity index (χ2v) is 5.21. The van der Waals surface area contributed by atoms with Crippen molar-refractivity contribution in [2.75, 3.05) is 5.33 Å². The molecule has 1 aromatic carbocycles. The van der Waals surface area contributed by atoms with Crippen LogP contribution in [0.5, 0.6) is 0 Å². The summed E-state index contributed by atoms with van der Waals surface area (Å²) in [6, 6.07) is 8.99. The molecule has 1 aliphatic rings. The van der Waals surface area contributed by atoms with Crippen molar-refractivity contribution >= 4 is 15.9 Å². The lowest BCUT2D eigenvalue weighted by molar-refractivity contribution is 0.170. The minimum absolute atomic E-state index is 0.579. The highest BCUT2D eigenvalue weighted by atomic mass is 79.9. The largest absolute Gasteiger partial charge is 0.0922 e. The van der Waals surface area contributed by atoms with Gasteiger partial charge in [-0.05, 0) is 37.2 Å². The number of aryl methyl sites for hydroxylation is 1. The number of hydrogen-bond acceptors (Lipinski definition) is 0. The molecule has 0 heterocycles. The van der Waals surface area contributed by atoms with Crippen molar-refractivity contribution in [1.82, 2.24) is 0 Å². The molecule has 0 spiro atoms. The standard InChI is InChI=1S/C13H17Br/c1-11-3-5-12(6-4-11)9-13(10-14)7-2-8-13/h3-6H,2,7-10H2,1H3. The lowest BCUT2D eigenvalue weighted by Crippen LogP contribution is -2.33. The van der Waals surface area contributed by atoms with Crippen LogP contribution in [0.2, 0.25) is 0 Å². The van der Waals surface area contributed by atoms with Gasteiger partial charge in [-0.25, -0.2) is 0 Å². The molecule has 76 valence electrons. The van der Waals surface area contributed by atoms with Crippen molar-refractivity contribution in [2.45, 2.75) is 32.6 Å². The Kier molecular flexibility index (Phi) is 2.96. The molecular weight excluding hydrogens is 236 g/mol. The van der Waals surface area contributed by atoms with E-state index in [1.165, 1.54) is 36.8 Å². The normalized spacial score (nSPS) is 19.0. The maximum atomic E-state index is 3.66. The molecule has 14 heavy (non-hydrogen) atoms. The van der Waals surface area contributed by atoms with Crippen LogP contribution in [0.3, 0.4) is 0 Å². The van der Waals surface area contributed by atoms with Crippen molar-refractivity contribution in [3.8, 4) is 0 Å². The van der Waals surface area contributed by atoms with Crippen LogP contribution in [-0.4, -0.2) is 5.33 Å². The van der Waals surface area contributed by atoms with Crippen LogP contribution in [0, 0.1) is 12.3 Å². The van der Waals surface area contributed by atoms with Crippen LogP contribution >= 0.6 is 15.9 Å². The molecule has 1 aliphatic carbocycles. The van der Waals surface area contributed by atoms with Gasteiger partial charge < -0.3 is 0 Å². The molecule has 0 unspecified atom stereocenters. The Labute approximate surface area is 94.8 Å². The maximum Gasteiger partial charge on any atom is 0.00911 e. The molecule has 0 aromatic heterocycles. The van der Waals surface area contributed by atoms with E-state index in [2.05, 4.69) is 47.1 Å². The number of halogens is 1. The highest BCUT2D eigenvalue weighted by molar-refractivity contribution is 9.09. The first-order valence-corrected chi connectivity index (χ1v) is 6.48. The van der Waals surface area contributed by atoms with E-state index in [-0.39, 0.29) is 0 Å². The summed E-state index contributed by atoms with van der Waals surface area (Å²) < 4.78 is 0. The summed E-state index contributed by atoms with van der Waals surface area (Å²) in [5, 5.41) is 1.16. The lowest BCUT2D eigenvalue weighted by atomic mass is 9.67. The smallest absolute Gasteiger partial charge is 0.00911 e. The molecule has 0 aliphatic heterocycles. The molecule has 0 amide bonds. The molecule has 0 nitrogen and oxygen atoms in total. The summed E-state index contributed by atoms with van der Waals surface area (Å²) in [6.07, 6.45) is 5.45. The van der Waals surface area contributed by atoms with Gasteiger partial charge in [0.25, 0.3) is 0 Å². The van der Waals surface area contributed by atoms with Crippen LogP contribution in [0.4, 0.5) is 0 Å². The minimum atomic E-state index is 0.579. The van der Waals surface area contributed by atoms with Gasteiger partial charge in [0.2, 0.25) is 0 Å². The highest BCUT2D eigenvalue weighted by Crippen LogP contribution is 2.44. The fourth-order valence-corrected chi connectivity index (χ4v) is 2.93. The van der Waals surface area contributed by atoms with Crippen molar-refractivity contribution < 1.29 is 0 Å². The Hall–Kier alpha value is -0.300. The van der Waals surface area contributed by atoms with Gasteiger partial charge in [-0.3, -0.25) is 0 Å². The zero-order chi connectivity index (χ0) is 10.0. The summed E-state index contributed by atoms with van der Waals surface area (Å²) >= 11 is 3.66. The topological polar surface area (TPSA) is 0 Å². The monoisotopic (exact) mass is 252 g/mol. The Morgan fingerprint density at radius 3 is 2.29 bits per heavy atom. The lowest BCUT2D eigenvalue weighted by Gasteiger charge is -2.40. The average molecular weight is 253 g/mol. The highest BCUT2D eigenvalue weighted by Gasteiger charge is 2.35. The minimum Gasteiger partial charge on any atom is -0.0922 e. The molecule has 0 bridgehead atoms. The average Bonchev–Trinajstić information content (AvgIpc) is 2.15. The van der Waals surface area contributed by atoms with Crippen LogP contribution in [0.1, 0.15) is 30.4 Å². The molecule has 0 atom stereocenters. The number of hydrogen-bond donors (Lipinski definition) is 0. The van der Waals surface area contributed by atoms with E-state index in [1.54, 1.807) is 0 Å². The molecule has 0 radical (unpaired) electrons. The Morgan fingerprint density at radius 2 is 1.86 bits per heavy atom. The molecular formula is C13H17Br. The molecule has 0 saturated heterocycles. The predicted molar refractivity (Wildman–Crippen MR) is 65.0 cm³/mol. The first kappa shape index (κ1) is 10.2. The van der Waals surface area contributed by atoms with Gasteiger partial charge in [0.05, 0.1) is 0 Å². The second-order valence-electron chi connectivity index (χ2n) is 4.65. The SMILES string of the molecule is Cc1ccc(CC2(CBr)CCC2)cc1. The fourth-order valence-electron chi connectivity index (χ4n) is 2.17. The van der Waals surface area contributed by atoms with Crippen molar-refractivity contribution in [3.63, 3.8) is 0 Å². The third-order valence-corrected chi connectivity index (χ3v) is 4.59. The molecule has 1 fully saturated rings. The van der Waals surface area contributed by atoms with Crippen molar-refractivity contribution in [3.05, 3.63) is 35.4 Å². The molecule has 2 rings (SSSR count). The van der Waals surface area contributed by atoms with Gasteiger partial charge in [0, 0.05) is 5.33 Å². The van der Waals surface area contributed by atoms with Crippen molar-refractivity contribution in [1.29, 1.82) is 0 Å². The molecule has 1 aromatic rings. The van der Waals surface area contributed by atoms with Gasteiger partial charge in [-0.15, -0.1) is 0 Å². The van der Waals surface area contributed by atoms with E-state index in [0.29, 0.717) is 5.41 Å². The summed E-state index contributed by atoms with van der Waals surface area (Å²) in [5.74, 6) is 0. The third-order valence-electron chi connectivity index (χ3n) is 3.40. The van der Waals surface area contributed by atoms with E-state index < -0.39 is 0 Å². The first-order chi connectivity index (χ1) is 6.74. The fraction of sp³-hybridized carbons (Fsp3) is 0.538. The zero-order valence-electron chi connectivity index (χ0n) is 8.72. The van der Waals surface area contributed by atoms with Crippen LogP contribution in [0.15, 0.2) is 24.3 Å². The van der Waals surface area contributed by atoms with Gasteiger partial charge in [0.15, 0.2) is 0 Å². The Morgan fingerprint density at radius 1 is 1.21 bits per heavy atom. The van der Waals surface area contributed by atoms with Crippen molar-refractivity contribution in [2.24, 2.45) is 5.41 Å². The molecule has 1 saturated carbocycles. The van der Waals surface area contributed by atoms with Gasteiger partial charge in [-0.2, -0.15) is 0 Å². The molecule has 0 N–H and O–H groups in total. The van der Waals surface area contributed by atoms with E-state index in [9.17, 15) is 0 Å². The quantitative estimate of drug-likeness (QED) is 0.711. The van der Waals surface area contributed by atoms with Gasteiger partial charge in [0.1, 0.15) is 0 Å². The summed E-state index contributed by atoms with van der Waals surface area (Å²) in [5.41, 5.74) is 3.43. The first-order valence-electron chi connectivity index (χ1n) is 5.36. The van der Waals surface area contributed by atoms with E-state index >= 15 is 0 Å². The van der Waals surface area contributed by atoms with E-state index in [1.807, 2.05) is 0 Å². The van der Waals surface area contributed by atoms with E-state index in [0.717, 1.165) is 5.33 Å². The summed E-state index contributed by atoms with van der Waals surface area (Å²) in [6.45, 7) is 2.15.